The molecule has 1 N–H and O–H groups in total. The van der Waals surface area contributed by atoms with E-state index in [-0.39, 0.29) is 0 Å². The molecule has 0 fully saturated rings. The Kier molecular flexibility index (Phi) is 11.9. The summed E-state index contributed by atoms with van der Waals surface area (Å²) in [5.41, 5.74) is 0. The van der Waals surface area contributed by atoms with Crippen molar-refractivity contribution < 1.29 is 18.0 Å². The predicted molar refractivity (Wildman–Crippen MR) is 59.2 cm³/mol. The van der Waals surface area contributed by atoms with Crippen LogP contribution in [0, 0.1) is 0 Å². The van der Waals surface area contributed by atoms with Crippen molar-refractivity contribution in [3.8, 4) is 0 Å². The molecule has 0 aromatic heterocycles. The minimum atomic E-state index is -4.74. The highest BCUT2D eigenvalue weighted by Gasteiger charge is 2.37. The highest BCUT2D eigenvalue weighted by molar-refractivity contribution is 5.81. The van der Waals surface area contributed by atoms with Crippen molar-refractivity contribution in [2.24, 2.45) is 0 Å². The maximum atomic E-state index is 11.0. The normalized spacial score (nSPS) is 10.4. The Hall–Kier alpha value is -0.740. The van der Waals surface area contributed by atoms with Crippen molar-refractivity contribution in [1.82, 2.24) is 5.32 Å². The van der Waals surface area contributed by atoms with E-state index in [1.54, 1.807) is 0 Å². The van der Waals surface area contributed by atoms with Gasteiger partial charge in [-0.1, -0.05) is 52.4 Å². The zero-order valence-electron chi connectivity index (χ0n) is 10.3. The Morgan fingerprint density at radius 2 is 1.38 bits per heavy atom. The first-order valence-corrected chi connectivity index (χ1v) is 5.69. The number of alkyl halides is 3. The van der Waals surface area contributed by atoms with Gasteiger partial charge in [0, 0.05) is 7.05 Å². The maximum absolute atomic E-state index is 11.0. The third-order valence-electron chi connectivity index (χ3n) is 1.94. The van der Waals surface area contributed by atoms with Crippen LogP contribution in [-0.2, 0) is 4.79 Å². The van der Waals surface area contributed by atoms with Gasteiger partial charge < -0.3 is 5.32 Å². The smallest absolute Gasteiger partial charge is 0.351 e. The van der Waals surface area contributed by atoms with E-state index in [0.717, 1.165) is 7.05 Å². The van der Waals surface area contributed by atoms with Crippen LogP contribution in [-0.4, -0.2) is 19.1 Å². The van der Waals surface area contributed by atoms with Crippen LogP contribution in [0.15, 0.2) is 0 Å². The van der Waals surface area contributed by atoms with Gasteiger partial charge in [0.2, 0.25) is 0 Å². The summed E-state index contributed by atoms with van der Waals surface area (Å²) in [5.74, 6) is -1.92. The van der Waals surface area contributed by atoms with Gasteiger partial charge in [-0.15, -0.1) is 0 Å². The van der Waals surface area contributed by atoms with Crippen LogP contribution in [0.25, 0.3) is 0 Å². The maximum Gasteiger partial charge on any atom is 0.471 e. The van der Waals surface area contributed by atoms with Gasteiger partial charge in [-0.3, -0.25) is 4.79 Å². The number of amides is 1. The molecule has 2 nitrogen and oxygen atoms in total. The summed E-state index contributed by atoms with van der Waals surface area (Å²) in [6.07, 6.45) is 3.75. The van der Waals surface area contributed by atoms with Crippen LogP contribution >= 0.6 is 0 Å². The van der Waals surface area contributed by atoms with Crippen molar-refractivity contribution in [3.63, 3.8) is 0 Å². The Morgan fingerprint density at radius 3 is 1.50 bits per heavy atom. The molecule has 0 aromatic carbocycles. The molecule has 0 atom stereocenters. The van der Waals surface area contributed by atoms with Gasteiger partial charge in [0.25, 0.3) is 0 Å². The quantitative estimate of drug-likeness (QED) is 0.731. The lowest BCUT2D eigenvalue weighted by Gasteiger charge is -2.00. The second-order valence-corrected chi connectivity index (χ2v) is 3.49. The summed E-state index contributed by atoms with van der Waals surface area (Å²) in [4.78, 5) is 9.60. The van der Waals surface area contributed by atoms with E-state index in [9.17, 15) is 18.0 Å². The fourth-order valence-electron chi connectivity index (χ4n) is 0.995. The summed E-state index contributed by atoms with van der Waals surface area (Å²) >= 11 is 0. The molecule has 0 aliphatic heterocycles. The zero-order valence-corrected chi connectivity index (χ0v) is 10.3. The first-order valence-electron chi connectivity index (χ1n) is 5.69. The van der Waals surface area contributed by atoms with Crippen LogP contribution in [0.4, 0.5) is 13.2 Å². The highest BCUT2D eigenvalue weighted by atomic mass is 19.4. The average molecular weight is 241 g/mol. The Labute approximate surface area is 95.6 Å². The van der Waals surface area contributed by atoms with Crippen LogP contribution in [0.2, 0.25) is 0 Å². The third-order valence-corrected chi connectivity index (χ3v) is 1.94. The van der Waals surface area contributed by atoms with E-state index in [1.165, 1.54) is 43.8 Å². The lowest BCUT2D eigenvalue weighted by atomic mass is 10.1. The van der Waals surface area contributed by atoms with E-state index < -0.39 is 12.1 Å². The minimum absolute atomic E-state index is 0.926. The number of carbonyl (C=O) groups is 1. The lowest BCUT2D eigenvalue weighted by molar-refractivity contribution is -0.172. The second-order valence-electron chi connectivity index (χ2n) is 3.49. The monoisotopic (exact) mass is 241 g/mol. The van der Waals surface area contributed by atoms with Crippen molar-refractivity contribution in [3.05, 3.63) is 0 Å². The molecule has 0 aromatic rings. The predicted octanol–water partition coefficient (Wildman–Crippen LogP) is 3.66. The molecule has 0 heterocycles. The topological polar surface area (TPSA) is 29.1 Å². The van der Waals surface area contributed by atoms with Crippen molar-refractivity contribution in [2.75, 3.05) is 7.05 Å². The number of hydrogen-bond acceptors (Lipinski definition) is 1. The molecule has 98 valence electrons. The molecular weight excluding hydrogens is 219 g/mol. The standard InChI is InChI=1S/C8H18.C3H4F3NO/c1-3-5-7-8-6-4-2;1-7-2(8)3(4,5)6/h3-8H2,1-2H3;1H3,(H,7,8). The Balaban J connectivity index is 0. The molecule has 5 heteroatoms. The van der Waals surface area contributed by atoms with Gasteiger partial charge in [-0.25, -0.2) is 0 Å². The number of carbonyl (C=O) groups excluding carboxylic acids is 1. The number of halogens is 3. The lowest BCUT2D eigenvalue weighted by Crippen LogP contribution is -2.33. The summed E-state index contributed by atoms with van der Waals surface area (Å²) in [6, 6.07) is 0. The number of nitrogens with one attached hydrogen (secondary N) is 1. The molecule has 0 spiro atoms. The Morgan fingerprint density at radius 1 is 1.00 bits per heavy atom. The van der Waals surface area contributed by atoms with Crippen LogP contribution < -0.4 is 5.32 Å². The van der Waals surface area contributed by atoms with E-state index in [0.29, 0.717) is 0 Å². The SMILES string of the molecule is CCCCCCCC.CNC(=O)C(F)(F)F. The molecule has 0 bridgehead atoms. The highest BCUT2D eigenvalue weighted by Crippen LogP contribution is 2.13. The van der Waals surface area contributed by atoms with Crippen molar-refractivity contribution in [1.29, 1.82) is 0 Å². The van der Waals surface area contributed by atoms with Gasteiger partial charge in [0.1, 0.15) is 0 Å². The van der Waals surface area contributed by atoms with Crippen LogP contribution in [0.3, 0.4) is 0 Å². The number of unbranched alkanes of at least 4 members (excludes halogenated alkanes) is 5. The molecular formula is C11H22F3NO. The molecule has 0 aliphatic rings. The van der Waals surface area contributed by atoms with E-state index in [1.807, 2.05) is 0 Å². The van der Waals surface area contributed by atoms with Gasteiger partial charge >= 0.3 is 12.1 Å². The molecule has 0 unspecified atom stereocenters. The first-order chi connectivity index (χ1) is 7.40. The number of rotatable bonds is 5. The molecule has 0 saturated heterocycles. The molecule has 1 amide bonds. The fourth-order valence-corrected chi connectivity index (χ4v) is 0.995. The largest absolute Gasteiger partial charge is 0.471 e. The average Bonchev–Trinajstić information content (AvgIpc) is 2.23. The summed E-state index contributed by atoms with van der Waals surface area (Å²) < 4.78 is 33.1. The first kappa shape index (κ1) is 17.6. The van der Waals surface area contributed by atoms with E-state index in [4.69, 9.17) is 0 Å². The van der Waals surface area contributed by atoms with Crippen LogP contribution in [0.5, 0.6) is 0 Å². The van der Waals surface area contributed by atoms with E-state index >= 15 is 0 Å². The van der Waals surface area contributed by atoms with Gasteiger partial charge in [-0.2, -0.15) is 13.2 Å². The fraction of sp³-hybridized carbons (Fsp3) is 0.909. The summed E-state index contributed by atoms with van der Waals surface area (Å²) in [6.45, 7) is 4.51. The second kappa shape index (κ2) is 10.8. The van der Waals surface area contributed by atoms with Crippen molar-refractivity contribution in [2.45, 2.75) is 58.5 Å². The number of hydrogen-bond donors (Lipinski definition) is 1. The van der Waals surface area contributed by atoms with Crippen LogP contribution in [0.1, 0.15) is 52.4 Å². The van der Waals surface area contributed by atoms with Gasteiger partial charge in [-0.05, 0) is 0 Å². The third kappa shape index (κ3) is 13.3. The zero-order chi connectivity index (χ0) is 13.0. The minimum Gasteiger partial charge on any atom is -0.351 e. The summed E-state index contributed by atoms with van der Waals surface area (Å²) in [5, 5.41) is 1.44. The molecule has 0 rings (SSSR count). The molecule has 0 saturated carbocycles. The van der Waals surface area contributed by atoms with Gasteiger partial charge in [0.15, 0.2) is 0 Å². The van der Waals surface area contributed by atoms with Gasteiger partial charge in [0.05, 0.1) is 0 Å². The van der Waals surface area contributed by atoms with E-state index in [2.05, 4.69) is 13.8 Å². The molecule has 0 aliphatic carbocycles. The Bertz CT molecular complexity index is 163. The molecule has 0 radical (unpaired) electrons. The summed E-state index contributed by atoms with van der Waals surface area (Å²) in [7, 11) is 0.926. The van der Waals surface area contributed by atoms with Crippen molar-refractivity contribution >= 4 is 5.91 Å². The molecule has 16 heavy (non-hydrogen) atoms.